The van der Waals surface area contributed by atoms with Gasteiger partial charge in [-0.2, -0.15) is 0 Å². The Labute approximate surface area is 127 Å². The van der Waals surface area contributed by atoms with E-state index in [9.17, 15) is 5.11 Å². The lowest BCUT2D eigenvalue weighted by Crippen LogP contribution is -1.97. The van der Waals surface area contributed by atoms with Gasteiger partial charge in [-0.25, -0.2) is 4.98 Å². The number of pyridine rings is 1. The van der Waals surface area contributed by atoms with Gasteiger partial charge in [-0.15, -0.1) is 0 Å². The summed E-state index contributed by atoms with van der Waals surface area (Å²) < 4.78 is 5.86. The zero-order valence-electron chi connectivity index (χ0n) is 11.5. The molecule has 1 aromatic heterocycles. The Hall–Kier alpha value is -2.10. The first-order chi connectivity index (χ1) is 10.2. The molecule has 106 valence electrons. The van der Waals surface area contributed by atoms with Gasteiger partial charge in [0.25, 0.3) is 0 Å². The third-order valence-electron chi connectivity index (χ3n) is 3.28. The fraction of sp³-hybridized carbons (Fsp3) is 0.118. The summed E-state index contributed by atoms with van der Waals surface area (Å²) in [7, 11) is 0. The lowest BCUT2D eigenvalue weighted by atomic mass is 10.1. The number of aliphatic hydroxyl groups is 1. The van der Waals surface area contributed by atoms with E-state index in [0.717, 1.165) is 16.5 Å². The summed E-state index contributed by atoms with van der Waals surface area (Å²) in [6, 6.07) is 15.0. The van der Waals surface area contributed by atoms with E-state index in [1.54, 1.807) is 12.1 Å². The van der Waals surface area contributed by atoms with E-state index in [2.05, 4.69) is 4.98 Å². The molecule has 4 heteroatoms. The van der Waals surface area contributed by atoms with Crippen molar-refractivity contribution in [1.82, 2.24) is 4.98 Å². The Balaban J connectivity index is 2.06. The van der Waals surface area contributed by atoms with Crippen molar-refractivity contribution in [3.05, 3.63) is 64.7 Å². The molecule has 0 spiro atoms. The summed E-state index contributed by atoms with van der Waals surface area (Å²) in [6.07, 6.45) is 0. The third-order valence-corrected chi connectivity index (χ3v) is 3.51. The van der Waals surface area contributed by atoms with Crippen LogP contribution in [0.4, 0.5) is 0 Å². The molecule has 1 heterocycles. The Bertz CT molecular complexity index is 802. The van der Waals surface area contributed by atoms with Gasteiger partial charge in [0.1, 0.15) is 5.75 Å². The van der Waals surface area contributed by atoms with Crippen LogP contribution in [-0.2, 0) is 6.61 Å². The summed E-state index contributed by atoms with van der Waals surface area (Å²) in [6.45, 7) is 1.79. The Morgan fingerprint density at radius 1 is 1.14 bits per heavy atom. The van der Waals surface area contributed by atoms with E-state index in [1.165, 1.54) is 0 Å². The molecular weight excluding hydrogens is 286 g/mol. The molecule has 0 fully saturated rings. The van der Waals surface area contributed by atoms with Crippen LogP contribution in [0.1, 0.15) is 11.1 Å². The van der Waals surface area contributed by atoms with Crippen LogP contribution in [0.15, 0.2) is 48.5 Å². The largest absolute Gasteiger partial charge is 0.438 e. The highest BCUT2D eigenvalue weighted by Crippen LogP contribution is 2.30. The standard InChI is InChI=1S/C17H14ClNO2/c1-11-8-14(18)6-7-16(11)21-17-13(10-20)9-12-4-2-3-5-15(12)19-17/h2-9,20H,10H2,1H3. The summed E-state index contributed by atoms with van der Waals surface area (Å²) in [4.78, 5) is 4.49. The van der Waals surface area contributed by atoms with Crippen molar-refractivity contribution in [1.29, 1.82) is 0 Å². The maximum absolute atomic E-state index is 9.53. The first kappa shape index (κ1) is 13.9. The van der Waals surface area contributed by atoms with E-state index in [-0.39, 0.29) is 6.61 Å². The maximum atomic E-state index is 9.53. The third kappa shape index (κ3) is 2.84. The Kier molecular flexibility index (Phi) is 3.78. The normalized spacial score (nSPS) is 10.8. The predicted octanol–water partition coefficient (Wildman–Crippen LogP) is 4.48. The maximum Gasteiger partial charge on any atom is 0.225 e. The highest BCUT2D eigenvalue weighted by molar-refractivity contribution is 6.30. The predicted molar refractivity (Wildman–Crippen MR) is 83.9 cm³/mol. The van der Waals surface area contributed by atoms with Crippen LogP contribution in [0.3, 0.4) is 0 Å². The SMILES string of the molecule is Cc1cc(Cl)ccc1Oc1nc2ccccc2cc1CO. The Morgan fingerprint density at radius 2 is 1.95 bits per heavy atom. The van der Waals surface area contributed by atoms with Crippen LogP contribution in [0.25, 0.3) is 10.9 Å². The van der Waals surface area contributed by atoms with Crippen molar-refractivity contribution in [3.63, 3.8) is 0 Å². The van der Waals surface area contributed by atoms with Crippen LogP contribution in [0.5, 0.6) is 11.6 Å². The average Bonchev–Trinajstić information content (AvgIpc) is 2.49. The molecule has 0 amide bonds. The topological polar surface area (TPSA) is 42.4 Å². The average molecular weight is 300 g/mol. The van der Waals surface area contributed by atoms with Crippen molar-refractivity contribution in [2.24, 2.45) is 0 Å². The van der Waals surface area contributed by atoms with Gasteiger partial charge in [0, 0.05) is 16.0 Å². The van der Waals surface area contributed by atoms with E-state index in [1.807, 2.05) is 43.3 Å². The summed E-state index contributed by atoms with van der Waals surface area (Å²) >= 11 is 5.95. The molecule has 1 N–H and O–H groups in total. The smallest absolute Gasteiger partial charge is 0.225 e. The number of hydrogen-bond donors (Lipinski definition) is 1. The number of hydrogen-bond acceptors (Lipinski definition) is 3. The highest BCUT2D eigenvalue weighted by Gasteiger charge is 2.10. The van der Waals surface area contributed by atoms with Crippen LogP contribution in [-0.4, -0.2) is 10.1 Å². The van der Waals surface area contributed by atoms with Gasteiger partial charge < -0.3 is 9.84 Å². The van der Waals surface area contributed by atoms with Gasteiger partial charge in [0.05, 0.1) is 12.1 Å². The number of aryl methyl sites for hydroxylation is 1. The summed E-state index contributed by atoms with van der Waals surface area (Å²) in [5.74, 6) is 1.10. The zero-order valence-corrected chi connectivity index (χ0v) is 12.3. The molecule has 0 atom stereocenters. The van der Waals surface area contributed by atoms with Crippen molar-refractivity contribution in [2.45, 2.75) is 13.5 Å². The molecule has 0 radical (unpaired) electrons. The molecule has 0 aliphatic carbocycles. The number of fused-ring (bicyclic) bond motifs is 1. The minimum atomic E-state index is -0.125. The second-order valence-electron chi connectivity index (χ2n) is 4.82. The number of rotatable bonds is 3. The van der Waals surface area contributed by atoms with E-state index in [4.69, 9.17) is 16.3 Å². The monoisotopic (exact) mass is 299 g/mol. The number of ether oxygens (including phenoxy) is 1. The van der Waals surface area contributed by atoms with E-state index in [0.29, 0.717) is 22.2 Å². The zero-order chi connectivity index (χ0) is 14.8. The molecular formula is C17H14ClNO2. The number of aromatic nitrogens is 1. The second kappa shape index (κ2) is 5.72. The van der Waals surface area contributed by atoms with Gasteiger partial charge in [0.15, 0.2) is 0 Å². The minimum Gasteiger partial charge on any atom is -0.438 e. The van der Waals surface area contributed by atoms with Crippen LogP contribution < -0.4 is 4.74 Å². The first-order valence-electron chi connectivity index (χ1n) is 6.61. The van der Waals surface area contributed by atoms with Crippen molar-refractivity contribution in [2.75, 3.05) is 0 Å². The number of nitrogens with zero attached hydrogens (tertiary/aromatic N) is 1. The second-order valence-corrected chi connectivity index (χ2v) is 5.25. The number of halogens is 1. The van der Waals surface area contributed by atoms with Crippen LogP contribution in [0.2, 0.25) is 5.02 Å². The van der Waals surface area contributed by atoms with Gasteiger partial charge in [-0.1, -0.05) is 29.8 Å². The molecule has 0 aliphatic rings. The molecule has 0 saturated heterocycles. The molecule has 0 unspecified atom stereocenters. The van der Waals surface area contributed by atoms with Gasteiger partial charge in [-0.3, -0.25) is 0 Å². The fourth-order valence-corrected chi connectivity index (χ4v) is 2.40. The molecule has 0 bridgehead atoms. The van der Waals surface area contributed by atoms with Gasteiger partial charge >= 0.3 is 0 Å². The van der Waals surface area contributed by atoms with Gasteiger partial charge in [0.2, 0.25) is 5.88 Å². The Morgan fingerprint density at radius 3 is 2.71 bits per heavy atom. The number of benzene rings is 2. The minimum absolute atomic E-state index is 0.125. The van der Waals surface area contributed by atoms with E-state index < -0.39 is 0 Å². The summed E-state index contributed by atoms with van der Waals surface area (Å²) in [5, 5.41) is 11.2. The van der Waals surface area contributed by atoms with Gasteiger partial charge in [-0.05, 0) is 42.8 Å². The fourth-order valence-electron chi connectivity index (χ4n) is 2.18. The summed E-state index contributed by atoms with van der Waals surface area (Å²) in [5.41, 5.74) is 2.40. The molecule has 0 saturated carbocycles. The van der Waals surface area contributed by atoms with E-state index >= 15 is 0 Å². The lowest BCUT2D eigenvalue weighted by Gasteiger charge is -2.12. The van der Waals surface area contributed by atoms with Crippen molar-refractivity contribution >= 4 is 22.5 Å². The number of aliphatic hydroxyl groups excluding tert-OH is 1. The molecule has 3 rings (SSSR count). The molecule has 3 nitrogen and oxygen atoms in total. The molecule has 2 aromatic carbocycles. The van der Waals surface area contributed by atoms with Crippen LogP contribution in [0, 0.1) is 6.92 Å². The van der Waals surface area contributed by atoms with Crippen molar-refractivity contribution < 1.29 is 9.84 Å². The van der Waals surface area contributed by atoms with Crippen molar-refractivity contribution in [3.8, 4) is 11.6 Å². The molecule has 0 aliphatic heterocycles. The lowest BCUT2D eigenvalue weighted by molar-refractivity contribution is 0.275. The molecule has 21 heavy (non-hydrogen) atoms. The first-order valence-corrected chi connectivity index (χ1v) is 6.98. The van der Waals surface area contributed by atoms with Crippen LogP contribution >= 0.6 is 11.6 Å². The quantitative estimate of drug-likeness (QED) is 0.775. The number of para-hydroxylation sites is 1. The molecule has 3 aromatic rings. The highest BCUT2D eigenvalue weighted by atomic mass is 35.5.